The summed E-state index contributed by atoms with van der Waals surface area (Å²) in [4.78, 5) is 6.48. The van der Waals surface area contributed by atoms with Crippen LogP contribution in [0, 0.1) is 5.92 Å². The van der Waals surface area contributed by atoms with Crippen molar-refractivity contribution in [2.75, 3.05) is 26.2 Å². The van der Waals surface area contributed by atoms with Gasteiger partial charge in [-0.1, -0.05) is 26.0 Å². The highest BCUT2D eigenvalue weighted by molar-refractivity contribution is 5.71. The predicted octanol–water partition coefficient (Wildman–Crippen LogP) is 1.64. The van der Waals surface area contributed by atoms with Crippen LogP contribution in [-0.2, 0) is 0 Å². The molecule has 4 heteroatoms. The third kappa shape index (κ3) is 5.02. The number of aliphatic hydroxyl groups excluding tert-OH is 1. The monoisotopic (exact) mass is 253 g/mol. The molecule has 0 aromatic heterocycles. The van der Waals surface area contributed by atoms with Gasteiger partial charge in [0.25, 0.3) is 0 Å². The number of hydrogen-bond acceptors (Lipinski definition) is 4. The molecule has 0 radical (unpaired) electrons. The maximum Gasteiger partial charge on any atom is 0.124 e. The Morgan fingerprint density at radius 3 is 2.83 bits per heavy atom. The van der Waals surface area contributed by atoms with E-state index in [-0.39, 0.29) is 8.03 Å². The van der Waals surface area contributed by atoms with E-state index in [0.717, 1.165) is 26.1 Å². The Labute approximate surface area is 112 Å². The standard InChI is InChI=1S/C8H10N2.C6H15NO.H2/c1-2-5-9-8-7(3-1)4-6-10-8;1-3-7(4-2)5-6-8;/h1-2,4-8,10H,3H2;8H,3-6H2,1-2H3;1H. The Hall–Kier alpha value is -1.13. The fraction of sp³-hybridized carbons (Fsp3) is 0.643. The maximum absolute atomic E-state index is 8.46. The van der Waals surface area contributed by atoms with Crippen molar-refractivity contribution in [1.82, 2.24) is 10.2 Å². The number of hydrogen-bond donors (Lipinski definition) is 2. The van der Waals surface area contributed by atoms with Crippen molar-refractivity contribution in [3.63, 3.8) is 0 Å². The Kier molecular flexibility index (Phi) is 7.37. The van der Waals surface area contributed by atoms with Crippen molar-refractivity contribution < 1.29 is 6.53 Å². The first-order valence-corrected chi connectivity index (χ1v) is 6.76. The van der Waals surface area contributed by atoms with Crippen LogP contribution in [0.5, 0.6) is 0 Å². The molecule has 2 N–H and O–H groups in total. The molecule has 0 bridgehead atoms. The Morgan fingerprint density at radius 2 is 2.22 bits per heavy atom. The average molecular weight is 253 g/mol. The summed E-state index contributed by atoms with van der Waals surface area (Å²) in [6.07, 6.45) is 11.6. The molecule has 0 spiro atoms. The van der Waals surface area contributed by atoms with Crippen molar-refractivity contribution in [1.29, 1.82) is 0 Å². The molecule has 2 unspecified atom stereocenters. The van der Waals surface area contributed by atoms with Crippen molar-refractivity contribution in [3.05, 3.63) is 24.4 Å². The lowest BCUT2D eigenvalue weighted by Gasteiger charge is -2.15. The third-order valence-corrected chi connectivity index (χ3v) is 3.20. The number of likely N-dealkylation sites (N-methyl/N-ethyl adjacent to an activating group) is 1. The Bertz CT molecular complexity index is 301. The van der Waals surface area contributed by atoms with Crippen LogP contribution in [0.15, 0.2) is 29.4 Å². The van der Waals surface area contributed by atoms with Crippen LogP contribution < -0.4 is 5.32 Å². The van der Waals surface area contributed by atoms with Crippen LogP contribution in [0.3, 0.4) is 0 Å². The molecule has 2 rings (SSSR count). The van der Waals surface area contributed by atoms with Crippen molar-refractivity contribution in [2.24, 2.45) is 10.9 Å². The maximum atomic E-state index is 8.46. The van der Waals surface area contributed by atoms with Gasteiger partial charge in [0.1, 0.15) is 6.17 Å². The van der Waals surface area contributed by atoms with E-state index in [4.69, 9.17) is 5.11 Å². The lowest BCUT2D eigenvalue weighted by Crippen LogP contribution is -2.25. The van der Waals surface area contributed by atoms with E-state index in [2.05, 4.69) is 41.2 Å². The van der Waals surface area contributed by atoms with Crippen LogP contribution >= 0.6 is 0 Å². The molecular formula is C14H27N3O. The van der Waals surface area contributed by atoms with Gasteiger partial charge in [0.15, 0.2) is 0 Å². The van der Waals surface area contributed by atoms with Gasteiger partial charge in [-0.05, 0) is 31.8 Å². The zero-order valence-corrected chi connectivity index (χ0v) is 11.4. The van der Waals surface area contributed by atoms with Crippen molar-refractivity contribution in [2.45, 2.75) is 26.4 Å². The Balaban J connectivity index is 0.000000335. The highest BCUT2D eigenvalue weighted by atomic mass is 16.3. The number of aliphatic imine (C=N–C) groups is 1. The molecule has 2 aliphatic heterocycles. The summed E-state index contributed by atoms with van der Waals surface area (Å²) >= 11 is 0. The van der Waals surface area contributed by atoms with Crippen LogP contribution in [0.1, 0.15) is 21.7 Å². The summed E-state index contributed by atoms with van der Waals surface area (Å²) in [5.41, 5.74) is 0. The number of rotatable bonds is 4. The van der Waals surface area contributed by atoms with E-state index >= 15 is 0 Å². The topological polar surface area (TPSA) is 47.9 Å². The molecule has 4 nitrogen and oxygen atoms in total. The first-order valence-electron chi connectivity index (χ1n) is 6.76. The van der Waals surface area contributed by atoms with Gasteiger partial charge < -0.3 is 15.3 Å². The number of nitrogens with one attached hydrogen (secondary N) is 1. The summed E-state index contributed by atoms with van der Waals surface area (Å²) in [6, 6.07) is 0. The van der Waals surface area contributed by atoms with Gasteiger partial charge in [-0.25, -0.2) is 0 Å². The minimum atomic E-state index is 0. The lowest BCUT2D eigenvalue weighted by atomic mass is 10.1. The molecule has 0 saturated heterocycles. The summed E-state index contributed by atoms with van der Waals surface area (Å²) in [7, 11) is 0. The van der Waals surface area contributed by atoms with E-state index in [1.54, 1.807) is 0 Å². The largest absolute Gasteiger partial charge is 0.395 e. The van der Waals surface area contributed by atoms with Gasteiger partial charge in [-0.2, -0.15) is 0 Å². The smallest absolute Gasteiger partial charge is 0.124 e. The zero-order valence-electron chi connectivity index (χ0n) is 11.4. The Morgan fingerprint density at radius 1 is 1.44 bits per heavy atom. The van der Waals surface area contributed by atoms with E-state index in [1.165, 1.54) is 0 Å². The second kappa shape index (κ2) is 8.89. The molecule has 104 valence electrons. The second-order valence-electron chi connectivity index (χ2n) is 4.35. The molecule has 2 aliphatic rings. The molecule has 0 aromatic rings. The minimum absolute atomic E-state index is 0. The normalized spacial score (nSPS) is 24.2. The van der Waals surface area contributed by atoms with Gasteiger partial charge in [-0.3, -0.25) is 4.99 Å². The molecule has 0 fully saturated rings. The van der Waals surface area contributed by atoms with E-state index in [1.807, 2.05) is 18.5 Å². The highest BCUT2D eigenvalue weighted by Gasteiger charge is 2.20. The van der Waals surface area contributed by atoms with Gasteiger partial charge in [0.2, 0.25) is 0 Å². The summed E-state index contributed by atoms with van der Waals surface area (Å²) < 4.78 is 0. The van der Waals surface area contributed by atoms with E-state index < -0.39 is 0 Å². The molecule has 2 heterocycles. The third-order valence-electron chi connectivity index (χ3n) is 3.20. The van der Waals surface area contributed by atoms with Crippen LogP contribution in [0.2, 0.25) is 0 Å². The van der Waals surface area contributed by atoms with Crippen LogP contribution in [0.4, 0.5) is 0 Å². The SMILES string of the molecule is C1=CCC2C=CNC2N=C1.CCN(CC)CCO.[HH]. The summed E-state index contributed by atoms with van der Waals surface area (Å²) in [5.74, 6) is 0.579. The van der Waals surface area contributed by atoms with Crippen LogP contribution in [0.25, 0.3) is 0 Å². The first-order chi connectivity index (χ1) is 8.81. The molecular weight excluding hydrogens is 226 g/mol. The molecule has 18 heavy (non-hydrogen) atoms. The molecule has 2 atom stereocenters. The lowest BCUT2D eigenvalue weighted by molar-refractivity contribution is 0.208. The molecule has 0 amide bonds. The number of aliphatic hydroxyl groups is 1. The second-order valence-corrected chi connectivity index (χ2v) is 4.35. The van der Waals surface area contributed by atoms with E-state index in [0.29, 0.717) is 12.1 Å². The predicted molar refractivity (Wildman–Crippen MR) is 78.8 cm³/mol. The first kappa shape index (κ1) is 14.9. The molecule has 0 saturated carbocycles. The van der Waals surface area contributed by atoms with Crippen molar-refractivity contribution in [3.8, 4) is 0 Å². The van der Waals surface area contributed by atoms with Gasteiger partial charge in [0, 0.05) is 20.1 Å². The quantitative estimate of drug-likeness (QED) is 0.801. The number of nitrogens with zero attached hydrogens (tertiary/aromatic N) is 2. The minimum Gasteiger partial charge on any atom is -0.395 e. The fourth-order valence-corrected chi connectivity index (χ4v) is 1.99. The van der Waals surface area contributed by atoms with Crippen LogP contribution in [-0.4, -0.2) is 48.6 Å². The fourth-order valence-electron chi connectivity index (χ4n) is 1.99. The number of allylic oxidation sites excluding steroid dienone is 2. The number of fused-ring (bicyclic) bond motifs is 1. The summed E-state index contributed by atoms with van der Waals surface area (Å²) in [6.45, 7) is 7.36. The average Bonchev–Trinajstić information content (AvgIpc) is 2.73. The molecule has 0 aromatic carbocycles. The molecule has 0 aliphatic carbocycles. The van der Waals surface area contributed by atoms with Gasteiger partial charge >= 0.3 is 0 Å². The van der Waals surface area contributed by atoms with Gasteiger partial charge in [-0.15, -0.1) is 0 Å². The highest BCUT2D eigenvalue weighted by Crippen LogP contribution is 2.18. The van der Waals surface area contributed by atoms with E-state index in [9.17, 15) is 0 Å². The van der Waals surface area contributed by atoms with Crippen molar-refractivity contribution >= 4 is 6.21 Å². The summed E-state index contributed by atoms with van der Waals surface area (Å²) in [5, 5.41) is 11.6. The van der Waals surface area contributed by atoms with Gasteiger partial charge in [0.05, 0.1) is 6.61 Å². The zero-order chi connectivity index (χ0) is 13.2.